The summed E-state index contributed by atoms with van der Waals surface area (Å²) in [6.07, 6.45) is 3.67. The Morgan fingerprint density at radius 2 is 1.96 bits per heavy atom. The maximum Gasteiger partial charge on any atom is 0.231 e. The van der Waals surface area contributed by atoms with Crippen molar-refractivity contribution in [1.29, 1.82) is 0 Å². The Balaban J connectivity index is 1.32. The molecule has 0 spiro atoms. The first kappa shape index (κ1) is 15.5. The molecule has 0 bridgehead atoms. The largest absolute Gasteiger partial charge is 0.454 e. The van der Waals surface area contributed by atoms with E-state index in [1.807, 2.05) is 59.4 Å². The number of hydrogen-bond donors (Lipinski definition) is 2. The van der Waals surface area contributed by atoms with Crippen LogP contribution in [0, 0.1) is 0 Å². The number of fused-ring (bicyclic) bond motifs is 1. The number of aromatic nitrogens is 2. The highest BCUT2D eigenvalue weighted by atomic mass is 32.1. The highest BCUT2D eigenvalue weighted by Crippen LogP contribution is 2.34. The third kappa shape index (κ3) is 3.56. The van der Waals surface area contributed by atoms with E-state index in [1.54, 1.807) is 6.20 Å². The molecule has 1 aliphatic heterocycles. The van der Waals surface area contributed by atoms with E-state index >= 15 is 0 Å². The summed E-state index contributed by atoms with van der Waals surface area (Å²) in [6.45, 7) is 0.895. The Morgan fingerprint density at radius 1 is 1.12 bits per heavy atom. The van der Waals surface area contributed by atoms with Crippen molar-refractivity contribution in [2.45, 2.75) is 6.54 Å². The van der Waals surface area contributed by atoms with Crippen LogP contribution in [0.2, 0.25) is 0 Å². The van der Waals surface area contributed by atoms with E-state index in [9.17, 15) is 0 Å². The number of anilines is 1. The lowest BCUT2D eigenvalue weighted by atomic mass is 10.2. The molecule has 0 saturated heterocycles. The highest BCUT2D eigenvalue weighted by Gasteiger charge is 2.13. The standard InChI is InChI=1S/C18H16N4O2S/c25-18(21-14-4-7-16-17(10-14)24-12-23-16)19-11-13-2-5-15(6-3-13)22-9-1-8-20-22/h1-10H,11-12H2,(H2,19,21,25). The molecule has 7 heteroatoms. The second-order valence-electron chi connectivity index (χ2n) is 5.49. The van der Waals surface area contributed by atoms with Crippen molar-refractivity contribution in [2.75, 3.05) is 12.1 Å². The third-order valence-electron chi connectivity index (χ3n) is 3.79. The van der Waals surface area contributed by atoms with E-state index in [4.69, 9.17) is 21.7 Å². The van der Waals surface area contributed by atoms with E-state index in [0.29, 0.717) is 11.7 Å². The highest BCUT2D eigenvalue weighted by molar-refractivity contribution is 7.80. The molecular formula is C18H16N4O2S. The fourth-order valence-corrected chi connectivity index (χ4v) is 2.71. The first-order valence-electron chi connectivity index (χ1n) is 7.81. The van der Waals surface area contributed by atoms with Gasteiger partial charge in [0.25, 0.3) is 0 Å². The maximum atomic E-state index is 5.36. The summed E-state index contributed by atoms with van der Waals surface area (Å²) in [6, 6.07) is 15.7. The predicted octanol–water partition coefficient (Wildman–Crippen LogP) is 3.09. The summed E-state index contributed by atoms with van der Waals surface area (Å²) in [5, 5.41) is 11.1. The van der Waals surface area contributed by atoms with Crippen LogP contribution >= 0.6 is 12.2 Å². The number of nitrogens with one attached hydrogen (secondary N) is 2. The minimum Gasteiger partial charge on any atom is -0.454 e. The molecule has 4 rings (SSSR count). The molecule has 0 amide bonds. The Morgan fingerprint density at radius 3 is 2.76 bits per heavy atom. The molecule has 3 aromatic rings. The van der Waals surface area contributed by atoms with Crippen LogP contribution in [0.3, 0.4) is 0 Å². The zero-order valence-electron chi connectivity index (χ0n) is 13.3. The topological polar surface area (TPSA) is 60.3 Å². The first-order valence-corrected chi connectivity index (χ1v) is 8.22. The fourth-order valence-electron chi connectivity index (χ4n) is 2.52. The molecule has 1 aliphatic rings. The van der Waals surface area contributed by atoms with Crippen molar-refractivity contribution in [3.63, 3.8) is 0 Å². The van der Waals surface area contributed by atoms with Gasteiger partial charge in [0, 0.05) is 30.7 Å². The van der Waals surface area contributed by atoms with Crippen LogP contribution in [-0.4, -0.2) is 21.7 Å². The third-order valence-corrected chi connectivity index (χ3v) is 4.04. The van der Waals surface area contributed by atoms with Gasteiger partial charge in [0.15, 0.2) is 16.6 Å². The van der Waals surface area contributed by atoms with Gasteiger partial charge in [-0.3, -0.25) is 0 Å². The SMILES string of the molecule is S=C(NCc1ccc(-n2cccn2)cc1)Nc1ccc2c(c1)OCO2. The fraction of sp³-hybridized carbons (Fsp3) is 0.111. The zero-order chi connectivity index (χ0) is 17.1. The number of thiocarbonyl (C=S) groups is 1. The van der Waals surface area contributed by atoms with Gasteiger partial charge in [-0.2, -0.15) is 5.10 Å². The van der Waals surface area contributed by atoms with Gasteiger partial charge in [0.1, 0.15) is 0 Å². The lowest BCUT2D eigenvalue weighted by molar-refractivity contribution is 0.174. The normalized spacial score (nSPS) is 12.0. The van der Waals surface area contributed by atoms with Crippen LogP contribution in [0.5, 0.6) is 11.5 Å². The number of nitrogens with zero attached hydrogens (tertiary/aromatic N) is 2. The molecule has 0 fully saturated rings. The van der Waals surface area contributed by atoms with Crippen LogP contribution in [0.1, 0.15) is 5.56 Å². The second-order valence-corrected chi connectivity index (χ2v) is 5.90. The van der Waals surface area contributed by atoms with E-state index in [1.165, 1.54) is 0 Å². The lowest BCUT2D eigenvalue weighted by Gasteiger charge is -2.11. The number of benzene rings is 2. The van der Waals surface area contributed by atoms with Crippen molar-refractivity contribution in [2.24, 2.45) is 0 Å². The maximum absolute atomic E-state index is 5.36. The average Bonchev–Trinajstić information content (AvgIpc) is 3.32. The second kappa shape index (κ2) is 6.82. The first-order chi connectivity index (χ1) is 12.3. The summed E-state index contributed by atoms with van der Waals surface area (Å²) < 4.78 is 12.5. The molecule has 2 heterocycles. The van der Waals surface area contributed by atoms with E-state index in [-0.39, 0.29) is 6.79 Å². The van der Waals surface area contributed by atoms with Crippen LogP contribution in [0.15, 0.2) is 60.9 Å². The van der Waals surface area contributed by atoms with Gasteiger partial charge in [0.2, 0.25) is 6.79 Å². The van der Waals surface area contributed by atoms with Gasteiger partial charge in [0.05, 0.1) is 5.69 Å². The molecule has 25 heavy (non-hydrogen) atoms. The van der Waals surface area contributed by atoms with Crippen molar-refractivity contribution in [3.05, 3.63) is 66.5 Å². The summed E-state index contributed by atoms with van der Waals surface area (Å²) in [5.41, 5.74) is 3.01. The molecule has 0 saturated carbocycles. The van der Waals surface area contributed by atoms with E-state index in [0.717, 1.165) is 28.4 Å². The van der Waals surface area contributed by atoms with Crippen molar-refractivity contribution < 1.29 is 9.47 Å². The Bertz CT molecular complexity index is 879. The monoisotopic (exact) mass is 352 g/mol. The molecule has 0 unspecified atom stereocenters. The van der Waals surface area contributed by atoms with Crippen LogP contribution in [-0.2, 0) is 6.54 Å². The average molecular weight is 352 g/mol. The van der Waals surface area contributed by atoms with Gasteiger partial charge < -0.3 is 20.1 Å². The Kier molecular flexibility index (Phi) is 4.22. The van der Waals surface area contributed by atoms with Gasteiger partial charge in [-0.15, -0.1) is 0 Å². The van der Waals surface area contributed by atoms with Crippen molar-refractivity contribution in [1.82, 2.24) is 15.1 Å². The number of rotatable bonds is 4. The van der Waals surface area contributed by atoms with Crippen molar-refractivity contribution in [3.8, 4) is 17.2 Å². The molecule has 2 N–H and O–H groups in total. The zero-order valence-corrected chi connectivity index (χ0v) is 14.1. The van der Waals surface area contributed by atoms with Crippen LogP contribution in [0.4, 0.5) is 5.69 Å². The number of hydrogen-bond acceptors (Lipinski definition) is 4. The number of ether oxygens (including phenoxy) is 2. The molecule has 2 aromatic carbocycles. The molecule has 1 aromatic heterocycles. The summed E-state index contributed by atoms with van der Waals surface area (Å²) in [5.74, 6) is 1.48. The Hall–Kier alpha value is -3.06. The molecule has 0 atom stereocenters. The van der Waals surface area contributed by atoms with Gasteiger partial charge >= 0.3 is 0 Å². The van der Waals surface area contributed by atoms with Crippen molar-refractivity contribution >= 4 is 23.0 Å². The van der Waals surface area contributed by atoms with Crippen LogP contribution in [0.25, 0.3) is 5.69 Å². The Labute approximate surface area is 150 Å². The predicted molar refractivity (Wildman–Crippen MR) is 99.2 cm³/mol. The van der Waals surface area contributed by atoms with E-state index < -0.39 is 0 Å². The minimum atomic E-state index is 0.260. The smallest absolute Gasteiger partial charge is 0.231 e. The van der Waals surface area contributed by atoms with E-state index in [2.05, 4.69) is 15.7 Å². The molecule has 126 valence electrons. The molecule has 0 aliphatic carbocycles. The summed E-state index contributed by atoms with van der Waals surface area (Å²) in [7, 11) is 0. The minimum absolute atomic E-state index is 0.260. The summed E-state index contributed by atoms with van der Waals surface area (Å²) >= 11 is 5.35. The van der Waals surface area contributed by atoms with Gasteiger partial charge in [-0.05, 0) is 48.1 Å². The lowest BCUT2D eigenvalue weighted by Crippen LogP contribution is -2.27. The molecular weight excluding hydrogens is 336 g/mol. The molecule has 0 radical (unpaired) electrons. The summed E-state index contributed by atoms with van der Waals surface area (Å²) in [4.78, 5) is 0. The quantitative estimate of drug-likeness (QED) is 0.704. The molecule has 6 nitrogen and oxygen atoms in total. The van der Waals surface area contributed by atoms with Gasteiger partial charge in [-0.25, -0.2) is 4.68 Å². The van der Waals surface area contributed by atoms with Gasteiger partial charge in [-0.1, -0.05) is 12.1 Å². The van der Waals surface area contributed by atoms with Crippen LogP contribution < -0.4 is 20.1 Å².